The molecule has 0 N–H and O–H groups in total. The molecule has 1 unspecified atom stereocenters. The first-order chi connectivity index (χ1) is 8.11. The maximum Gasteiger partial charge on any atom is 0.161 e. The molecule has 0 aromatic heterocycles. The van der Waals surface area contributed by atoms with Crippen molar-refractivity contribution in [1.29, 1.82) is 0 Å². The molecule has 0 fully saturated rings. The van der Waals surface area contributed by atoms with E-state index >= 15 is 0 Å². The normalized spacial score (nSPS) is 14.2. The van der Waals surface area contributed by atoms with E-state index < -0.39 is 0 Å². The zero-order valence-electron chi connectivity index (χ0n) is 11.7. The third-order valence-corrected chi connectivity index (χ3v) is 3.66. The fourth-order valence-corrected chi connectivity index (χ4v) is 2.29. The van der Waals surface area contributed by atoms with E-state index in [-0.39, 0.29) is 5.41 Å². The maximum atomic E-state index is 5.37. The smallest absolute Gasteiger partial charge is 0.161 e. The van der Waals surface area contributed by atoms with Crippen molar-refractivity contribution in [2.45, 2.75) is 45.4 Å². The van der Waals surface area contributed by atoms with E-state index in [1.165, 1.54) is 18.4 Å². The Balaban J connectivity index is 3.13. The van der Waals surface area contributed by atoms with Crippen LogP contribution in [0.3, 0.4) is 0 Å². The Kier molecular flexibility index (Phi) is 4.86. The van der Waals surface area contributed by atoms with Gasteiger partial charge in [0, 0.05) is 0 Å². The van der Waals surface area contributed by atoms with Gasteiger partial charge in [-0.3, -0.25) is 0 Å². The summed E-state index contributed by atoms with van der Waals surface area (Å²) in [6.45, 7) is 6.79. The molecular formula is C15H24O2. The summed E-state index contributed by atoms with van der Waals surface area (Å²) in [5.74, 6) is 1.62. The number of rotatable bonds is 6. The molecule has 2 nitrogen and oxygen atoms in total. The number of methoxy groups -OCH3 is 2. The Bertz CT molecular complexity index is 360. The van der Waals surface area contributed by atoms with Gasteiger partial charge in [-0.25, -0.2) is 0 Å². The molecule has 0 amide bonds. The lowest BCUT2D eigenvalue weighted by Crippen LogP contribution is -2.20. The topological polar surface area (TPSA) is 18.5 Å². The van der Waals surface area contributed by atoms with Crippen LogP contribution in [0.15, 0.2) is 18.2 Å². The van der Waals surface area contributed by atoms with Gasteiger partial charge >= 0.3 is 0 Å². The van der Waals surface area contributed by atoms with Crippen LogP contribution in [0.1, 0.15) is 45.6 Å². The van der Waals surface area contributed by atoms with Crippen LogP contribution in [0.25, 0.3) is 0 Å². The molecule has 0 saturated heterocycles. The van der Waals surface area contributed by atoms with E-state index in [1.807, 2.05) is 6.07 Å². The standard InChI is InChI=1S/C15H24O2/c1-6-10-15(3,7-2)12-8-9-13(16-4)14(11-12)17-5/h8-9,11H,6-7,10H2,1-5H3. The Morgan fingerprint density at radius 2 is 1.71 bits per heavy atom. The lowest BCUT2D eigenvalue weighted by molar-refractivity contribution is 0.350. The Morgan fingerprint density at radius 1 is 1.06 bits per heavy atom. The van der Waals surface area contributed by atoms with Crippen molar-refractivity contribution in [2.75, 3.05) is 14.2 Å². The lowest BCUT2D eigenvalue weighted by Gasteiger charge is -2.29. The molecule has 1 atom stereocenters. The molecule has 96 valence electrons. The summed E-state index contributed by atoms with van der Waals surface area (Å²) >= 11 is 0. The van der Waals surface area contributed by atoms with E-state index in [4.69, 9.17) is 9.47 Å². The quantitative estimate of drug-likeness (QED) is 0.738. The van der Waals surface area contributed by atoms with Crippen molar-refractivity contribution in [3.05, 3.63) is 23.8 Å². The predicted molar refractivity (Wildman–Crippen MR) is 72.1 cm³/mol. The molecule has 17 heavy (non-hydrogen) atoms. The highest BCUT2D eigenvalue weighted by Gasteiger charge is 2.24. The fourth-order valence-electron chi connectivity index (χ4n) is 2.29. The van der Waals surface area contributed by atoms with E-state index in [0.717, 1.165) is 17.9 Å². The van der Waals surface area contributed by atoms with E-state index in [2.05, 4.69) is 32.9 Å². The maximum absolute atomic E-state index is 5.37. The van der Waals surface area contributed by atoms with E-state index in [9.17, 15) is 0 Å². The van der Waals surface area contributed by atoms with Crippen LogP contribution in [0.4, 0.5) is 0 Å². The third-order valence-electron chi connectivity index (χ3n) is 3.66. The molecule has 0 bridgehead atoms. The second kappa shape index (κ2) is 5.95. The predicted octanol–water partition coefficient (Wildman–Crippen LogP) is 4.17. The zero-order chi connectivity index (χ0) is 12.9. The number of hydrogen-bond acceptors (Lipinski definition) is 2. The summed E-state index contributed by atoms with van der Waals surface area (Å²) in [5, 5.41) is 0. The van der Waals surface area contributed by atoms with Gasteiger partial charge in [0.25, 0.3) is 0 Å². The van der Waals surface area contributed by atoms with Crippen molar-refractivity contribution in [1.82, 2.24) is 0 Å². The second-order valence-electron chi connectivity index (χ2n) is 4.73. The van der Waals surface area contributed by atoms with E-state index in [0.29, 0.717) is 0 Å². The van der Waals surface area contributed by atoms with E-state index in [1.54, 1.807) is 14.2 Å². The summed E-state index contributed by atoms with van der Waals surface area (Å²) in [6, 6.07) is 6.26. The largest absolute Gasteiger partial charge is 0.493 e. The van der Waals surface area contributed by atoms with Crippen LogP contribution < -0.4 is 9.47 Å². The van der Waals surface area contributed by atoms with Crippen molar-refractivity contribution < 1.29 is 9.47 Å². The molecule has 2 heteroatoms. The minimum Gasteiger partial charge on any atom is -0.493 e. The van der Waals surface area contributed by atoms with Gasteiger partial charge < -0.3 is 9.47 Å². The minimum absolute atomic E-state index is 0.230. The summed E-state index contributed by atoms with van der Waals surface area (Å²) in [6.07, 6.45) is 3.52. The highest BCUT2D eigenvalue weighted by Crippen LogP contribution is 2.37. The Morgan fingerprint density at radius 3 is 2.18 bits per heavy atom. The number of ether oxygens (including phenoxy) is 2. The Hall–Kier alpha value is -1.18. The molecular weight excluding hydrogens is 212 g/mol. The summed E-state index contributed by atoms with van der Waals surface area (Å²) in [7, 11) is 3.35. The zero-order valence-corrected chi connectivity index (χ0v) is 11.7. The highest BCUT2D eigenvalue weighted by molar-refractivity contribution is 5.45. The van der Waals surface area contributed by atoms with Crippen LogP contribution >= 0.6 is 0 Å². The van der Waals surface area contributed by atoms with Crippen molar-refractivity contribution in [3.63, 3.8) is 0 Å². The number of hydrogen-bond donors (Lipinski definition) is 0. The van der Waals surface area contributed by atoms with Gasteiger partial charge in [0.2, 0.25) is 0 Å². The summed E-state index contributed by atoms with van der Waals surface area (Å²) in [5.41, 5.74) is 1.56. The molecule has 1 aromatic rings. The molecule has 0 aliphatic rings. The van der Waals surface area contributed by atoms with Crippen molar-refractivity contribution in [2.24, 2.45) is 0 Å². The number of benzene rings is 1. The van der Waals surface area contributed by atoms with Crippen molar-refractivity contribution in [3.8, 4) is 11.5 Å². The van der Waals surface area contributed by atoms with Crippen LogP contribution in [-0.2, 0) is 5.41 Å². The molecule has 1 aromatic carbocycles. The molecule has 0 spiro atoms. The van der Waals surface area contributed by atoms with Gasteiger partial charge in [-0.1, -0.05) is 33.3 Å². The van der Waals surface area contributed by atoms with Crippen LogP contribution in [0, 0.1) is 0 Å². The lowest BCUT2D eigenvalue weighted by atomic mass is 9.76. The molecule has 0 saturated carbocycles. The van der Waals surface area contributed by atoms with Gasteiger partial charge in [0.1, 0.15) is 0 Å². The fraction of sp³-hybridized carbons (Fsp3) is 0.600. The highest BCUT2D eigenvalue weighted by atomic mass is 16.5. The van der Waals surface area contributed by atoms with Gasteiger partial charge in [-0.2, -0.15) is 0 Å². The Labute approximate surface area is 105 Å². The SMILES string of the molecule is CCCC(C)(CC)c1ccc(OC)c(OC)c1. The van der Waals surface area contributed by atoms with Crippen LogP contribution in [0.5, 0.6) is 11.5 Å². The van der Waals surface area contributed by atoms with Gasteiger partial charge in [0.15, 0.2) is 11.5 Å². The van der Waals surface area contributed by atoms with Crippen LogP contribution in [-0.4, -0.2) is 14.2 Å². The monoisotopic (exact) mass is 236 g/mol. The van der Waals surface area contributed by atoms with Gasteiger partial charge in [-0.15, -0.1) is 0 Å². The molecule has 0 aliphatic heterocycles. The second-order valence-corrected chi connectivity index (χ2v) is 4.73. The summed E-state index contributed by atoms with van der Waals surface area (Å²) in [4.78, 5) is 0. The first-order valence-corrected chi connectivity index (χ1v) is 6.33. The molecule has 1 rings (SSSR count). The van der Waals surface area contributed by atoms with Crippen LogP contribution in [0.2, 0.25) is 0 Å². The summed E-state index contributed by atoms with van der Waals surface area (Å²) < 4.78 is 10.6. The van der Waals surface area contributed by atoms with Gasteiger partial charge in [0.05, 0.1) is 14.2 Å². The molecule has 0 heterocycles. The average Bonchev–Trinajstić information content (AvgIpc) is 2.38. The molecule has 0 radical (unpaired) electrons. The first kappa shape index (κ1) is 13.9. The first-order valence-electron chi connectivity index (χ1n) is 6.33. The third kappa shape index (κ3) is 2.93. The van der Waals surface area contributed by atoms with Gasteiger partial charge in [-0.05, 0) is 36.0 Å². The molecule has 0 aliphatic carbocycles. The average molecular weight is 236 g/mol. The minimum atomic E-state index is 0.230. The van der Waals surface area contributed by atoms with Crippen molar-refractivity contribution >= 4 is 0 Å².